The van der Waals surface area contributed by atoms with Crippen molar-refractivity contribution in [1.82, 2.24) is 0 Å². The molecule has 2 heteroatoms. The van der Waals surface area contributed by atoms with Crippen molar-refractivity contribution < 1.29 is 9.53 Å². The van der Waals surface area contributed by atoms with E-state index >= 15 is 0 Å². The van der Waals surface area contributed by atoms with E-state index in [0.29, 0.717) is 18.4 Å². The summed E-state index contributed by atoms with van der Waals surface area (Å²) in [4.78, 5) is 10.6. The van der Waals surface area contributed by atoms with Gasteiger partial charge in [-0.1, -0.05) is 20.3 Å². The zero-order valence-corrected chi connectivity index (χ0v) is 8.88. The molecule has 0 radical (unpaired) electrons. The Morgan fingerprint density at radius 3 is 2.62 bits per heavy atom. The van der Waals surface area contributed by atoms with E-state index < -0.39 is 0 Å². The number of hydrogen-bond acceptors (Lipinski definition) is 2. The first-order valence-electron chi connectivity index (χ1n) is 5.23. The van der Waals surface area contributed by atoms with Gasteiger partial charge in [-0.3, -0.25) is 4.79 Å². The van der Waals surface area contributed by atoms with Crippen molar-refractivity contribution in [3.8, 4) is 0 Å². The second-order valence-electron chi connectivity index (χ2n) is 4.46. The van der Waals surface area contributed by atoms with Crippen molar-refractivity contribution >= 4 is 5.97 Å². The molecule has 0 unspecified atom stereocenters. The molecule has 0 aromatic heterocycles. The van der Waals surface area contributed by atoms with E-state index in [1.165, 1.54) is 26.2 Å². The highest BCUT2D eigenvalue weighted by Gasteiger charge is 2.25. The van der Waals surface area contributed by atoms with E-state index in [2.05, 4.69) is 13.8 Å². The van der Waals surface area contributed by atoms with Crippen LogP contribution in [0.25, 0.3) is 0 Å². The fourth-order valence-corrected chi connectivity index (χ4v) is 2.20. The summed E-state index contributed by atoms with van der Waals surface area (Å²) >= 11 is 0. The van der Waals surface area contributed by atoms with Crippen molar-refractivity contribution in [3.05, 3.63) is 0 Å². The Kier molecular flexibility index (Phi) is 3.76. The Balaban J connectivity index is 2.29. The molecule has 0 spiro atoms. The highest BCUT2D eigenvalue weighted by molar-refractivity contribution is 5.65. The van der Waals surface area contributed by atoms with E-state index in [9.17, 15) is 4.79 Å². The average molecular weight is 184 g/mol. The predicted molar refractivity (Wildman–Crippen MR) is 52.3 cm³/mol. The maximum atomic E-state index is 10.6. The van der Waals surface area contributed by atoms with E-state index in [0.717, 1.165) is 5.92 Å². The standard InChI is InChI=1S/C11H20O2/c1-8-4-5-11(9(2)6-8)7-13-10(3)12/h8-9,11H,4-7H2,1-3H3/t8-,9+,11-/m0/s1. The minimum atomic E-state index is -0.147. The summed E-state index contributed by atoms with van der Waals surface area (Å²) in [6, 6.07) is 0. The third kappa shape index (κ3) is 3.37. The van der Waals surface area contributed by atoms with E-state index in [1.54, 1.807) is 0 Å². The van der Waals surface area contributed by atoms with Gasteiger partial charge in [-0.05, 0) is 30.6 Å². The lowest BCUT2D eigenvalue weighted by Gasteiger charge is -2.31. The Hall–Kier alpha value is -0.530. The molecule has 0 aromatic carbocycles. The molecule has 3 atom stereocenters. The molecule has 13 heavy (non-hydrogen) atoms. The highest BCUT2D eigenvalue weighted by Crippen LogP contribution is 2.33. The number of esters is 1. The zero-order chi connectivity index (χ0) is 9.84. The van der Waals surface area contributed by atoms with Gasteiger partial charge in [0, 0.05) is 6.92 Å². The van der Waals surface area contributed by atoms with Gasteiger partial charge in [0.15, 0.2) is 0 Å². The molecule has 0 amide bonds. The second kappa shape index (κ2) is 4.64. The summed E-state index contributed by atoms with van der Waals surface area (Å²) in [5.41, 5.74) is 0. The van der Waals surface area contributed by atoms with Crippen LogP contribution in [0.3, 0.4) is 0 Å². The zero-order valence-electron chi connectivity index (χ0n) is 8.88. The van der Waals surface area contributed by atoms with Crippen LogP contribution in [0.1, 0.15) is 40.0 Å². The van der Waals surface area contributed by atoms with Crippen LogP contribution in [0.15, 0.2) is 0 Å². The Morgan fingerprint density at radius 2 is 2.08 bits per heavy atom. The van der Waals surface area contributed by atoms with Gasteiger partial charge in [-0.2, -0.15) is 0 Å². The molecule has 0 aliphatic heterocycles. The number of hydrogen-bond donors (Lipinski definition) is 0. The molecule has 0 saturated heterocycles. The summed E-state index contributed by atoms with van der Waals surface area (Å²) in [5.74, 6) is 2.01. The third-order valence-electron chi connectivity index (χ3n) is 3.11. The van der Waals surface area contributed by atoms with Gasteiger partial charge in [0.2, 0.25) is 0 Å². The fraction of sp³-hybridized carbons (Fsp3) is 0.909. The summed E-state index contributed by atoms with van der Waals surface area (Å²) < 4.78 is 5.05. The molecule has 2 nitrogen and oxygen atoms in total. The van der Waals surface area contributed by atoms with Crippen molar-refractivity contribution in [2.45, 2.75) is 40.0 Å². The van der Waals surface area contributed by atoms with E-state index in [1.807, 2.05) is 0 Å². The molecule has 1 aliphatic carbocycles. The first-order valence-corrected chi connectivity index (χ1v) is 5.23. The maximum Gasteiger partial charge on any atom is 0.302 e. The molecule has 1 fully saturated rings. The number of carbonyl (C=O) groups excluding carboxylic acids is 1. The molecule has 76 valence electrons. The van der Waals surface area contributed by atoms with Crippen LogP contribution < -0.4 is 0 Å². The fourth-order valence-electron chi connectivity index (χ4n) is 2.20. The van der Waals surface area contributed by atoms with Crippen molar-refractivity contribution in [2.24, 2.45) is 17.8 Å². The monoisotopic (exact) mass is 184 g/mol. The third-order valence-corrected chi connectivity index (χ3v) is 3.11. The minimum absolute atomic E-state index is 0.147. The van der Waals surface area contributed by atoms with Crippen LogP contribution in [-0.2, 0) is 9.53 Å². The van der Waals surface area contributed by atoms with Gasteiger partial charge >= 0.3 is 5.97 Å². The SMILES string of the molecule is CC(=O)OC[C@@H]1CC[C@H](C)C[C@H]1C. The van der Waals surface area contributed by atoms with Gasteiger partial charge in [0.05, 0.1) is 6.61 Å². The topological polar surface area (TPSA) is 26.3 Å². The van der Waals surface area contributed by atoms with Gasteiger partial charge in [0.1, 0.15) is 0 Å². The van der Waals surface area contributed by atoms with Crippen molar-refractivity contribution in [2.75, 3.05) is 6.61 Å². The molecular formula is C11H20O2. The predicted octanol–water partition coefficient (Wildman–Crippen LogP) is 2.62. The lowest BCUT2D eigenvalue weighted by molar-refractivity contribution is -0.143. The van der Waals surface area contributed by atoms with Crippen LogP contribution in [-0.4, -0.2) is 12.6 Å². The van der Waals surface area contributed by atoms with Crippen LogP contribution in [0.5, 0.6) is 0 Å². The molecule has 0 N–H and O–H groups in total. The quantitative estimate of drug-likeness (QED) is 0.617. The number of ether oxygens (including phenoxy) is 1. The number of carbonyl (C=O) groups is 1. The van der Waals surface area contributed by atoms with E-state index in [-0.39, 0.29) is 5.97 Å². The Morgan fingerprint density at radius 1 is 1.38 bits per heavy atom. The maximum absolute atomic E-state index is 10.6. The summed E-state index contributed by atoms with van der Waals surface area (Å²) in [6.07, 6.45) is 3.79. The Labute approximate surface area is 80.7 Å². The number of rotatable bonds is 2. The molecular weight excluding hydrogens is 164 g/mol. The lowest BCUT2D eigenvalue weighted by Crippen LogP contribution is -2.26. The normalized spacial score (nSPS) is 34.2. The van der Waals surface area contributed by atoms with Crippen molar-refractivity contribution in [3.63, 3.8) is 0 Å². The highest BCUT2D eigenvalue weighted by atomic mass is 16.5. The average Bonchev–Trinajstić information content (AvgIpc) is 2.02. The molecule has 0 aromatic rings. The molecule has 1 saturated carbocycles. The van der Waals surface area contributed by atoms with Crippen LogP contribution in [0.2, 0.25) is 0 Å². The molecule has 0 heterocycles. The van der Waals surface area contributed by atoms with Gasteiger partial charge in [-0.25, -0.2) is 0 Å². The van der Waals surface area contributed by atoms with Gasteiger partial charge < -0.3 is 4.74 Å². The first-order chi connectivity index (χ1) is 6.09. The minimum Gasteiger partial charge on any atom is -0.466 e. The summed E-state index contributed by atoms with van der Waals surface area (Å²) in [5, 5.41) is 0. The second-order valence-corrected chi connectivity index (χ2v) is 4.46. The van der Waals surface area contributed by atoms with E-state index in [4.69, 9.17) is 4.74 Å². The van der Waals surface area contributed by atoms with Gasteiger partial charge in [0.25, 0.3) is 0 Å². The molecule has 1 rings (SSSR count). The van der Waals surface area contributed by atoms with Crippen LogP contribution >= 0.6 is 0 Å². The molecule has 1 aliphatic rings. The summed E-state index contributed by atoms with van der Waals surface area (Å²) in [7, 11) is 0. The van der Waals surface area contributed by atoms with Gasteiger partial charge in [-0.15, -0.1) is 0 Å². The Bertz CT molecular complexity index is 177. The van der Waals surface area contributed by atoms with Crippen molar-refractivity contribution in [1.29, 1.82) is 0 Å². The lowest BCUT2D eigenvalue weighted by atomic mass is 9.76. The first kappa shape index (κ1) is 10.6. The van der Waals surface area contributed by atoms with Crippen LogP contribution in [0, 0.1) is 17.8 Å². The molecule has 0 bridgehead atoms. The summed E-state index contributed by atoms with van der Waals surface area (Å²) in [6.45, 7) is 6.68. The largest absolute Gasteiger partial charge is 0.466 e. The smallest absolute Gasteiger partial charge is 0.302 e. The van der Waals surface area contributed by atoms with Crippen LogP contribution in [0.4, 0.5) is 0 Å².